The Labute approximate surface area is 190 Å². The molecule has 10 heteroatoms. The van der Waals surface area contributed by atoms with Gasteiger partial charge in [0.05, 0.1) is 0 Å². The van der Waals surface area contributed by atoms with Gasteiger partial charge in [-0.3, -0.25) is 14.6 Å². The summed E-state index contributed by atoms with van der Waals surface area (Å²) in [5.41, 5.74) is 4.12. The van der Waals surface area contributed by atoms with Gasteiger partial charge in [0.1, 0.15) is 23.3 Å². The Balaban J connectivity index is 0.000000320. The molecule has 184 valence electrons. The second-order valence-electron chi connectivity index (χ2n) is 10.7. The number of aliphatic carboxylic acids is 1. The summed E-state index contributed by atoms with van der Waals surface area (Å²) >= 11 is 0. The molecule has 0 aromatic heterocycles. The lowest BCUT2D eigenvalue weighted by Crippen LogP contribution is -2.45. The first-order valence-electron chi connectivity index (χ1n) is 10.9. The summed E-state index contributed by atoms with van der Waals surface area (Å²) in [6.45, 7) is 15.6. The first kappa shape index (κ1) is 27.5. The molecular weight excluding hydrogens is 418 g/mol. The molecule has 2 rings (SSSR count). The Morgan fingerprint density at radius 3 is 1.44 bits per heavy atom. The second kappa shape index (κ2) is 10.4. The van der Waals surface area contributed by atoms with Crippen molar-refractivity contribution in [3.05, 3.63) is 0 Å². The number of likely N-dealkylation sites (tertiary alicyclic amines) is 2. The summed E-state index contributed by atoms with van der Waals surface area (Å²) in [5.74, 6) is -0.941. The van der Waals surface area contributed by atoms with Crippen LogP contribution in [0.2, 0.25) is 0 Å². The van der Waals surface area contributed by atoms with E-state index in [0.717, 1.165) is 0 Å². The molecule has 3 amide bonds. The normalized spacial score (nSPS) is 25.6. The van der Waals surface area contributed by atoms with Crippen LogP contribution in [-0.4, -0.2) is 75.3 Å². The summed E-state index contributed by atoms with van der Waals surface area (Å²) in [7, 11) is 0. The monoisotopic (exact) mass is 457 g/mol. The van der Waals surface area contributed by atoms with Crippen molar-refractivity contribution in [1.82, 2.24) is 9.80 Å². The number of carboxylic acids is 1. The van der Waals surface area contributed by atoms with Gasteiger partial charge in [0, 0.05) is 13.1 Å². The summed E-state index contributed by atoms with van der Waals surface area (Å²) in [6, 6.07) is -1.27. The number of primary amides is 1. The van der Waals surface area contributed by atoms with Crippen molar-refractivity contribution >= 4 is 24.1 Å². The Bertz CT molecular complexity index is 651. The maximum Gasteiger partial charge on any atom is 0.411 e. The zero-order valence-corrected chi connectivity index (χ0v) is 20.5. The summed E-state index contributed by atoms with van der Waals surface area (Å²) < 4.78 is 10.4. The van der Waals surface area contributed by atoms with Crippen molar-refractivity contribution in [2.24, 2.45) is 17.6 Å². The van der Waals surface area contributed by atoms with Crippen LogP contribution in [0.25, 0.3) is 0 Å². The third-order valence-electron chi connectivity index (χ3n) is 4.89. The van der Waals surface area contributed by atoms with E-state index in [4.69, 9.17) is 20.3 Å². The van der Waals surface area contributed by atoms with E-state index in [0.29, 0.717) is 25.9 Å². The summed E-state index contributed by atoms with van der Waals surface area (Å²) in [4.78, 5) is 48.5. The molecule has 2 aliphatic heterocycles. The van der Waals surface area contributed by atoms with Crippen molar-refractivity contribution in [2.45, 2.75) is 91.5 Å². The molecule has 0 saturated carbocycles. The van der Waals surface area contributed by atoms with E-state index in [1.165, 1.54) is 9.80 Å². The smallest absolute Gasteiger partial charge is 0.411 e. The number of carbonyl (C=O) groups excluding carboxylic acids is 3. The average molecular weight is 458 g/mol. The maximum absolute atomic E-state index is 11.8. The molecule has 0 bridgehead atoms. The van der Waals surface area contributed by atoms with Crippen LogP contribution in [0.3, 0.4) is 0 Å². The molecular formula is C22H39N3O7. The quantitative estimate of drug-likeness (QED) is 0.650. The molecule has 32 heavy (non-hydrogen) atoms. The molecule has 2 fully saturated rings. The Hall–Kier alpha value is -2.52. The van der Waals surface area contributed by atoms with Crippen LogP contribution in [0.15, 0.2) is 0 Å². The van der Waals surface area contributed by atoms with E-state index < -0.39 is 47.3 Å². The first-order chi connectivity index (χ1) is 14.4. The highest BCUT2D eigenvalue weighted by atomic mass is 16.6. The molecule has 0 spiro atoms. The lowest BCUT2D eigenvalue weighted by molar-refractivity contribution is -0.142. The van der Waals surface area contributed by atoms with Gasteiger partial charge in [-0.05, 0) is 66.2 Å². The third kappa shape index (κ3) is 8.55. The minimum atomic E-state index is -0.963. The van der Waals surface area contributed by atoms with Gasteiger partial charge in [0.2, 0.25) is 5.91 Å². The standard InChI is InChI=1S/C11H20N2O3.C11H19NO4/c1-7-5-8(9(12)14)13(6-7)10(15)16-11(2,3)4;1-7-5-8(9(13)14)12(6-7)10(15)16-11(2,3)4/h7-8H,5-6H2,1-4H3,(H2,12,14);7-8H,5-6H2,1-4H3,(H,13,14)/t2*7-,8+/m11/s1. The lowest BCUT2D eigenvalue weighted by atomic mass is 10.1. The number of ether oxygens (including phenoxy) is 2. The minimum absolute atomic E-state index is 0.202. The van der Waals surface area contributed by atoms with E-state index in [-0.39, 0.29) is 11.8 Å². The van der Waals surface area contributed by atoms with Crippen LogP contribution >= 0.6 is 0 Å². The van der Waals surface area contributed by atoms with Crippen molar-refractivity contribution in [3.63, 3.8) is 0 Å². The molecule has 3 N–H and O–H groups in total. The topological polar surface area (TPSA) is 139 Å². The van der Waals surface area contributed by atoms with E-state index in [1.807, 2.05) is 13.8 Å². The number of rotatable bonds is 2. The Morgan fingerprint density at radius 1 is 0.781 bits per heavy atom. The fourth-order valence-electron chi connectivity index (χ4n) is 3.64. The van der Waals surface area contributed by atoms with Crippen molar-refractivity contribution in [3.8, 4) is 0 Å². The summed E-state index contributed by atoms with van der Waals surface area (Å²) in [5, 5.41) is 9.00. The van der Waals surface area contributed by atoms with Crippen molar-refractivity contribution < 1.29 is 33.8 Å². The van der Waals surface area contributed by atoms with Gasteiger partial charge in [-0.15, -0.1) is 0 Å². The highest BCUT2D eigenvalue weighted by Crippen LogP contribution is 2.26. The molecule has 0 aromatic carbocycles. The van der Waals surface area contributed by atoms with Crippen molar-refractivity contribution in [2.75, 3.05) is 13.1 Å². The maximum atomic E-state index is 11.8. The van der Waals surface area contributed by atoms with Crippen LogP contribution in [0.4, 0.5) is 9.59 Å². The number of nitrogens with two attached hydrogens (primary N) is 1. The zero-order chi connectivity index (χ0) is 25.0. The molecule has 2 aliphatic rings. The Kier molecular flexibility index (Phi) is 8.94. The van der Waals surface area contributed by atoms with Crippen LogP contribution in [0.1, 0.15) is 68.2 Å². The fraction of sp³-hybridized carbons (Fsp3) is 0.818. The largest absolute Gasteiger partial charge is 0.480 e. The molecule has 0 aromatic rings. The highest BCUT2D eigenvalue weighted by Gasteiger charge is 2.40. The van der Waals surface area contributed by atoms with Gasteiger partial charge in [-0.1, -0.05) is 13.8 Å². The zero-order valence-electron chi connectivity index (χ0n) is 20.5. The SMILES string of the molecule is C[C@@H]1C[C@@H](C(=O)O)N(C(=O)OC(C)(C)C)C1.C[C@@H]1C[C@@H](C(N)=O)N(C(=O)OC(C)(C)C)C1. The van der Waals surface area contributed by atoms with Crippen molar-refractivity contribution in [1.29, 1.82) is 0 Å². The number of hydrogen-bond acceptors (Lipinski definition) is 6. The predicted molar refractivity (Wildman–Crippen MR) is 118 cm³/mol. The molecule has 0 radical (unpaired) electrons. The molecule has 2 heterocycles. The minimum Gasteiger partial charge on any atom is -0.480 e. The number of nitrogens with zero attached hydrogens (tertiary/aromatic N) is 2. The summed E-state index contributed by atoms with van der Waals surface area (Å²) in [6.07, 6.45) is 0.119. The van der Waals surface area contributed by atoms with E-state index in [1.54, 1.807) is 41.5 Å². The molecule has 4 atom stereocenters. The van der Waals surface area contributed by atoms with E-state index in [9.17, 15) is 19.2 Å². The predicted octanol–water partition coefficient (Wildman–Crippen LogP) is 2.83. The number of amides is 3. The fourth-order valence-corrected chi connectivity index (χ4v) is 3.64. The first-order valence-corrected chi connectivity index (χ1v) is 10.9. The van der Waals surface area contributed by atoms with E-state index >= 15 is 0 Å². The lowest BCUT2D eigenvalue weighted by Gasteiger charge is -2.27. The van der Waals surface area contributed by atoms with Gasteiger partial charge < -0.3 is 20.3 Å². The van der Waals surface area contributed by atoms with Gasteiger partial charge in [0.25, 0.3) is 0 Å². The highest BCUT2D eigenvalue weighted by molar-refractivity contribution is 5.85. The third-order valence-corrected chi connectivity index (χ3v) is 4.89. The molecule has 0 unspecified atom stereocenters. The van der Waals surface area contributed by atoms with Gasteiger partial charge in [-0.2, -0.15) is 0 Å². The van der Waals surface area contributed by atoms with Gasteiger partial charge in [-0.25, -0.2) is 14.4 Å². The molecule has 0 aliphatic carbocycles. The van der Waals surface area contributed by atoms with Crippen LogP contribution in [0, 0.1) is 11.8 Å². The average Bonchev–Trinajstić information content (AvgIpc) is 3.15. The molecule has 10 nitrogen and oxygen atoms in total. The van der Waals surface area contributed by atoms with Gasteiger partial charge >= 0.3 is 18.2 Å². The van der Waals surface area contributed by atoms with Crippen LogP contribution in [0.5, 0.6) is 0 Å². The number of carboxylic acid groups (broad SMARTS) is 1. The number of carbonyl (C=O) groups is 4. The second-order valence-corrected chi connectivity index (χ2v) is 10.7. The van der Waals surface area contributed by atoms with E-state index in [2.05, 4.69) is 0 Å². The number of hydrogen-bond donors (Lipinski definition) is 2. The molecule has 2 saturated heterocycles. The van der Waals surface area contributed by atoms with Gasteiger partial charge in [0.15, 0.2) is 0 Å². The Morgan fingerprint density at radius 2 is 1.12 bits per heavy atom. The van der Waals surface area contributed by atoms with Crippen LogP contribution in [-0.2, 0) is 19.1 Å². The van der Waals surface area contributed by atoms with Crippen LogP contribution < -0.4 is 5.73 Å².